The molecule has 0 spiro atoms. The summed E-state index contributed by atoms with van der Waals surface area (Å²) in [5.41, 5.74) is 1.48. The van der Waals surface area contributed by atoms with E-state index in [0.29, 0.717) is 10.6 Å². The van der Waals surface area contributed by atoms with E-state index in [0.717, 1.165) is 10.0 Å². The summed E-state index contributed by atoms with van der Waals surface area (Å²) in [6, 6.07) is 8.76. The molecular weight excluding hydrogens is 328 g/mol. The Morgan fingerprint density at radius 3 is 2.84 bits per heavy atom. The molecular formula is C14H12BrClN2O. The van der Waals surface area contributed by atoms with Crippen LogP contribution in [0.1, 0.15) is 28.9 Å². The van der Waals surface area contributed by atoms with Gasteiger partial charge in [0.15, 0.2) is 0 Å². The standard InChI is InChI=1S/C14H12BrClN2O/c1-9(10-3-2-4-17-8-10)18-14(19)11-5-12(15)7-13(16)6-11/h2-9H,1H3,(H,18,19). The lowest BCUT2D eigenvalue weighted by Gasteiger charge is -2.14. The second-order valence-corrected chi connectivity index (χ2v) is 5.49. The fourth-order valence-corrected chi connectivity index (χ4v) is 2.54. The molecule has 1 aromatic carbocycles. The minimum absolute atomic E-state index is 0.112. The summed E-state index contributed by atoms with van der Waals surface area (Å²) < 4.78 is 0.777. The second kappa shape index (κ2) is 6.17. The number of amides is 1. The average Bonchev–Trinajstić information content (AvgIpc) is 2.38. The van der Waals surface area contributed by atoms with E-state index < -0.39 is 0 Å². The lowest BCUT2D eigenvalue weighted by molar-refractivity contribution is 0.0940. The molecule has 1 heterocycles. The molecule has 98 valence electrons. The van der Waals surface area contributed by atoms with Gasteiger partial charge in [0.05, 0.1) is 6.04 Å². The third kappa shape index (κ3) is 3.78. The molecule has 0 fully saturated rings. The minimum atomic E-state index is -0.167. The quantitative estimate of drug-likeness (QED) is 0.918. The third-order valence-electron chi connectivity index (χ3n) is 2.66. The van der Waals surface area contributed by atoms with Gasteiger partial charge in [-0.1, -0.05) is 33.6 Å². The number of pyridine rings is 1. The predicted octanol–water partition coefficient (Wildman–Crippen LogP) is 3.99. The molecule has 0 aliphatic heterocycles. The van der Waals surface area contributed by atoms with Crippen molar-refractivity contribution in [3.05, 3.63) is 63.3 Å². The molecule has 1 atom stereocenters. The van der Waals surface area contributed by atoms with Crippen LogP contribution in [0.25, 0.3) is 0 Å². The fraction of sp³-hybridized carbons (Fsp3) is 0.143. The van der Waals surface area contributed by atoms with Gasteiger partial charge < -0.3 is 5.32 Å². The van der Waals surface area contributed by atoms with Crippen molar-refractivity contribution in [2.75, 3.05) is 0 Å². The molecule has 0 aliphatic carbocycles. The van der Waals surface area contributed by atoms with Crippen molar-refractivity contribution in [2.24, 2.45) is 0 Å². The molecule has 0 saturated heterocycles. The Kier molecular flexibility index (Phi) is 4.56. The van der Waals surface area contributed by atoms with Crippen molar-refractivity contribution in [3.8, 4) is 0 Å². The summed E-state index contributed by atoms with van der Waals surface area (Å²) in [6.07, 6.45) is 3.44. The van der Waals surface area contributed by atoms with Gasteiger partial charge >= 0.3 is 0 Å². The molecule has 2 aromatic rings. The summed E-state index contributed by atoms with van der Waals surface area (Å²) >= 11 is 9.25. The Labute approximate surface area is 125 Å². The van der Waals surface area contributed by atoms with Crippen LogP contribution < -0.4 is 5.32 Å². The Hall–Kier alpha value is -1.39. The van der Waals surface area contributed by atoms with E-state index in [1.807, 2.05) is 19.1 Å². The van der Waals surface area contributed by atoms with Crippen molar-refractivity contribution >= 4 is 33.4 Å². The number of carbonyl (C=O) groups is 1. The van der Waals surface area contributed by atoms with Crippen LogP contribution in [0.2, 0.25) is 5.02 Å². The summed E-state index contributed by atoms with van der Waals surface area (Å²) in [6.45, 7) is 1.91. The summed E-state index contributed by atoms with van der Waals surface area (Å²) in [5.74, 6) is -0.167. The first-order valence-electron chi connectivity index (χ1n) is 5.73. The largest absolute Gasteiger partial charge is 0.345 e. The predicted molar refractivity (Wildman–Crippen MR) is 79.3 cm³/mol. The van der Waals surface area contributed by atoms with Crippen LogP contribution in [-0.2, 0) is 0 Å². The van der Waals surface area contributed by atoms with Crippen molar-refractivity contribution in [1.82, 2.24) is 10.3 Å². The van der Waals surface area contributed by atoms with E-state index in [4.69, 9.17) is 11.6 Å². The molecule has 1 N–H and O–H groups in total. The van der Waals surface area contributed by atoms with Gasteiger partial charge in [-0.25, -0.2) is 0 Å². The Morgan fingerprint density at radius 1 is 1.42 bits per heavy atom. The number of hydrogen-bond acceptors (Lipinski definition) is 2. The number of halogens is 2. The van der Waals surface area contributed by atoms with Crippen LogP contribution in [0.5, 0.6) is 0 Å². The summed E-state index contributed by atoms with van der Waals surface area (Å²) in [5, 5.41) is 3.43. The highest BCUT2D eigenvalue weighted by molar-refractivity contribution is 9.10. The zero-order valence-corrected chi connectivity index (χ0v) is 12.6. The zero-order valence-electron chi connectivity index (χ0n) is 10.2. The zero-order chi connectivity index (χ0) is 13.8. The van der Waals surface area contributed by atoms with Crippen LogP contribution in [0, 0.1) is 0 Å². The van der Waals surface area contributed by atoms with Gasteiger partial charge in [0, 0.05) is 27.5 Å². The highest BCUT2D eigenvalue weighted by Crippen LogP contribution is 2.20. The van der Waals surface area contributed by atoms with Crippen molar-refractivity contribution in [1.29, 1.82) is 0 Å². The van der Waals surface area contributed by atoms with Crippen LogP contribution >= 0.6 is 27.5 Å². The van der Waals surface area contributed by atoms with Gasteiger partial charge in [-0.05, 0) is 36.8 Å². The maximum atomic E-state index is 12.1. The summed E-state index contributed by atoms with van der Waals surface area (Å²) in [7, 11) is 0. The molecule has 5 heteroatoms. The Bertz CT molecular complexity index is 569. The molecule has 2 rings (SSSR count). The monoisotopic (exact) mass is 338 g/mol. The van der Waals surface area contributed by atoms with Crippen LogP contribution in [0.4, 0.5) is 0 Å². The number of hydrogen-bond donors (Lipinski definition) is 1. The first kappa shape index (κ1) is 14.0. The SMILES string of the molecule is CC(NC(=O)c1cc(Cl)cc(Br)c1)c1cccnc1. The average molecular weight is 340 g/mol. The maximum absolute atomic E-state index is 12.1. The number of benzene rings is 1. The number of rotatable bonds is 3. The summed E-state index contributed by atoms with van der Waals surface area (Å²) in [4.78, 5) is 16.2. The fourth-order valence-electron chi connectivity index (χ4n) is 1.68. The van der Waals surface area contributed by atoms with E-state index in [2.05, 4.69) is 26.2 Å². The second-order valence-electron chi connectivity index (χ2n) is 4.14. The van der Waals surface area contributed by atoms with Crippen LogP contribution in [-0.4, -0.2) is 10.9 Å². The molecule has 19 heavy (non-hydrogen) atoms. The highest BCUT2D eigenvalue weighted by atomic mass is 79.9. The Morgan fingerprint density at radius 2 is 2.21 bits per heavy atom. The molecule has 0 bridgehead atoms. The van der Waals surface area contributed by atoms with E-state index in [-0.39, 0.29) is 11.9 Å². The topological polar surface area (TPSA) is 42.0 Å². The van der Waals surface area contributed by atoms with E-state index >= 15 is 0 Å². The van der Waals surface area contributed by atoms with Gasteiger partial charge in [-0.3, -0.25) is 9.78 Å². The van der Waals surface area contributed by atoms with E-state index in [9.17, 15) is 4.79 Å². The smallest absolute Gasteiger partial charge is 0.251 e. The molecule has 0 aliphatic rings. The molecule has 1 aromatic heterocycles. The van der Waals surface area contributed by atoms with Crippen molar-refractivity contribution in [2.45, 2.75) is 13.0 Å². The molecule has 3 nitrogen and oxygen atoms in total. The Balaban J connectivity index is 2.13. The number of carbonyl (C=O) groups excluding carboxylic acids is 1. The van der Waals surface area contributed by atoms with Crippen LogP contribution in [0.15, 0.2) is 47.2 Å². The number of nitrogens with one attached hydrogen (secondary N) is 1. The van der Waals surface area contributed by atoms with E-state index in [1.54, 1.807) is 30.6 Å². The molecule has 0 saturated carbocycles. The normalized spacial score (nSPS) is 11.9. The van der Waals surface area contributed by atoms with E-state index in [1.165, 1.54) is 0 Å². The van der Waals surface area contributed by atoms with Crippen molar-refractivity contribution < 1.29 is 4.79 Å². The number of aromatic nitrogens is 1. The first-order valence-corrected chi connectivity index (χ1v) is 6.90. The van der Waals surface area contributed by atoms with Gasteiger partial charge in [-0.15, -0.1) is 0 Å². The molecule has 0 radical (unpaired) electrons. The van der Waals surface area contributed by atoms with Crippen LogP contribution in [0.3, 0.4) is 0 Å². The lowest BCUT2D eigenvalue weighted by Crippen LogP contribution is -2.26. The van der Waals surface area contributed by atoms with Crippen molar-refractivity contribution in [3.63, 3.8) is 0 Å². The highest BCUT2D eigenvalue weighted by Gasteiger charge is 2.12. The first-order chi connectivity index (χ1) is 9.06. The molecule has 1 amide bonds. The van der Waals surface area contributed by atoms with Gasteiger partial charge in [0.2, 0.25) is 0 Å². The minimum Gasteiger partial charge on any atom is -0.345 e. The van der Waals surface area contributed by atoms with Gasteiger partial charge in [0.1, 0.15) is 0 Å². The third-order valence-corrected chi connectivity index (χ3v) is 3.33. The van der Waals surface area contributed by atoms with Gasteiger partial charge in [-0.2, -0.15) is 0 Å². The molecule has 1 unspecified atom stereocenters. The van der Waals surface area contributed by atoms with Gasteiger partial charge in [0.25, 0.3) is 5.91 Å². The number of nitrogens with zero attached hydrogens (tertiary/aromatic N) is 1. The lowest BCUT2D eigenvalue weighted by atomic mass is 10.1. The maximum Gasteiger partial charge on any atom is 0.251 e.